The smallest absolute Gasteiger partial charge is 0.328 e. The SMILES string of the molecule is CN(C)C1(C(=O)O)CCc2ccccc21.Cl. The molecule has 0 spiro atoms. The van der Waals surface area contributed by atoms with Crippen LogP contribution in [0.25, 0.3) is 0 Å². The van der Waals surface area contributed by atoms with Crippen LogP contribution in [-0.4, -0.2) is 30.1 Å². The average molecular weight is 242 g/mol. The lowest BCUT2D eigenvalue weighted by molar-refractivity contribution is -0.150. The Bertz CT molecular complexity index is 406. The van der Waals surface area contributed by atoms with Gasteiger partial charge in [0.15, 0.2) is 0 Å². The molecule has 0 bridgehead atoms. The van der Waals surface area contributed by atoms with E-state index in [1.165, 1.54) is 0 Å². The lowest BCUT2D eigenvalue weighted by Gasteiger charge is -2.32. The van der Waals surface area contributed by atoms with Crippen molar-refractivity contribution >= 4 is 18.4 Å². The van der Waals surface area contributed by atoms with Crippen molar-refractivity contribution in [1.29, 1.82) is 0 Å². The summed E-state index contributed by atoms with van der Waals surface area (Å²) in [5.41, 5.74) is 1.28. The van der Waals surface area contributed by atoms with Crippen LogP contribution in [0.1, 0.15) is 17.5 Å². The summed E-state index contributed by atoms with van der Waals surface area (Å²) >= 11 is 0. The Morgan fingerprint density at radius 3 is 2.56 bits per heavy atom. The van der Waals surface area contributed by atoms with Crippen LogP contribution in [0.4, 0.5) is 0 Å². The number of hydrogen-bond donors (Lipinski definition) is 1. The molecule has 16 heavy (non-hydrogen) atoms. The fraction of sp³-hybridized carbons (Fsp3) is 0.417. The maximum atomic E-state index is 11.5. The Kier molecular flexibility index (Phi) is 3.61. The van der Waals surface area contributed by atoms with Gasteiger partial charge in [-0.3, -0.25) is 4.90 Å². The molecule has 0 aromatic heterocycles. The summed E-state index contributed by atoms with van der Waals surface area (Å²) in [6, 6.07) is 7.82. The van der Waals surface area contributed by atoms with Crippen LogP contribution in [-0.2, 0) is 16.8 Å². The molecule has 4 heteroatoms. The zero-order chi connectivity index (χ0) is 11.1. The van der Waals surface area contributed by atoms with Crippen molar-refractivity contribution < 1.29 is 9.90 Å². The van der Waals surface area contributed by atoms with Gasteiger partial charge >= 0.3 is 5.97 Å². The van der Waals surface area contributed by atoms with E-state index >= 15 is 0 Å². The molecule has 0 heterocycles. The second-order valence-corrected chi connectivity index (χ2v) is 4.22. The lowest BCUT2D eigenvalue weighted by Crippen LogP contribution is -2.46. The van der Waals surface area contributed by atoms with Crippen molar-refractivity contribution in [1.82, 2.24) is 4.90 Å². The summed E-state index contributed by atoms with van der Waals surface area (Å²) in [6.07, 6.45) is 1.51. The number of aliphatic carboxylic acids is 1. The summed E-state index contributed by atoms with van der Waals surface area (Å²) < 4.78 is 0. The largest absolute Gasteiger partial charge is 0.480 e. The first-order valence-corrected chi connectivity index (χ1v) is 5.08. The summed E-state index contributed by atoms with van der Waals surface area (Å²) in [5, 5.41) is 9.44. The van der Waals surface area contributed by atoms with Crippen LogP contribution in [0, 0.1) is 0 Å². The van der Waals surface area contributed by atoms with Crippen LogP contribution in [0.5, 0.6) is 0 Å². The normalized spacial score (nSPS) is 22.7. The fourth-order valence-electron chi connectivity index (χ4n) is 2.47. The van der Waals surface area contributed by atoms with Crippen LogP contribution in [0.2, 0.25) is 0 Å². The van der Waals surface area contributed by atoms with Crippen LogP contribution in [0.15, 0.2) is 24.3 Å². The maximum Gasteiger partial charge on any atom is 0.328 e. The third-order valence-corrected chi connectivity index (χ3v) is 3.34. The molecule has 1 aliphatic rings. The van der Waals surface area contributed by atoms with E-state index in [0.717, 1.165) is 17.5 Å². The van der Waals surface area contributed by atoms with E-state index in [4.69, 9.17) is 0 Å². The molecule has 0 radical (unpaired) electrons. The second-order valence-electron chi connectivity index (χ2n) is 4.22. The Balaban J connectivity index is 0.00000128. The molecule has 1 N–H and O–H groups in total. The first-order chi connectivity index (χ1) is 7.09. The molecule has 0 fully saturated rings. The van der Waals surface area contributed by atoms with Crippen molar-refractivity contribution in [3.8, 4) is 0 Å². The minimum absolute atomic E-state index is 0. The van der Waals surface area contributed by atoms with E-state index in [1.54, 1.807) is 4.90 Å². The summed E-state index contributed by atoms with van der Waals surface area (Å²) in [4.78, 5) is 13.3. The Morgan fingerprint density at radius 2 is 2.00 bits per heavy atom. The molecular weight excluding hydrogens is 226 g/mol. The first-order valence-electron chi connectivity index (χ1n) is 5.08. The van der Waals surface area contributed by atoms with Crippen LogP contribution < -0.4 is 0 Å². The van der Waals surface area contributed by atoms with E-state index in [2.05, 4.69) is 0 Å². The molecule has 1 aliphatic carbocycles. The molecule has 0 amide bonds. The molecule has 1 aromatic rings. The number of carboxylic acid groups (broad SMARTS) is 1. The van der Waals surface area contributed by atoms with Gasteiger partial charge in [-0.15, -0.1) is 12.4 Å². The highest BCUT2D eigenvalue weighted by atomic mass is 35.5. The third kappa shape index (κ3) is 1.60. The van der Waals surface area contributed by atoms with E-state index < -0.39 is 11.5 Å². The minimum atomic E-state index is -0.823. The number of likely N-dealkylation sites (N-methyl/N-ethyl adjacent to an activating group) is 1. The molecule has 1 atom stereocenters. The van der Waals surface area contributed by atoms with Gasteiger partial charge in [-0.1, -0.05) is 24.3 Å². The Morgan fingerprint density at radius 1 is 1.38 bits per heavy atom. The molecule has 88 valence electrons. The highest BCUT2D eigenvalue weighted by Crippen LogP contribution is 2.40. The topological polar surface area (TPSA) is 40.5 Å². The molecule has 0 saturated carbocycles. The number of rotatable bonds is 2. The zero-order valence-corrected chi connectivity index (χ0v) is 10.3. The van der Waals surface area contributed by atoms with Gasteiger partial charge in [0.05, 0.1) is 0 Å². The van der Waals surface area contributed by atoms with Gasteiger partial charge in [-0.05, 0) is 38.1 Å². The highest BCUT2D eigenvalue weighted by Gasteiger charge is 2.47. The van der Waals surface area contributed by atoms with E-state index in [-0.39, 0.29) is 12.4 Å². The van der Waals surface area contributed by atoms with Crippen molar-refractivity contribution in [3.05, 3.63) is 35.4 Å². The predicted octanol–water partition coefficient (Wildman–Crippen LogP) is 1.90. The highest BCUT2D eigenvalue weighted by molar-refractivity contribution is 5.85. The third-order valence-electron chi connectivity index (χ3n) is 3.34. The van der Waals surface area contributed by atoms with Crippen molar-refractivity contribution in [2.45, 2.75) is 18.4 Å². The minimum Gasteiger partial charge on any atom is -0.480 e. The second kappa shape index (κ2) is 4.44. The lowest BCUT2D eigenvalue weighted by atomic mass is 9.90. The molecule has 3 nitrogen and oxygen atoms in total. The first kappa shape index (κ1) is 13.0. The molecule has 0 saturated heterocycles. The van der Waals surface area contributed by atoms with E-state index in [1.807, 2.05) is 38.4 Å². The van der Waals surface area contributed by atoms with Crippen LogP contribution >= 0.6 is 12.4 Å². The number of carboxylic acids is 1. The van der Waals surface area contributed by atoms with Crippen molar-refractivity contribution in [3.63, 3.8) is 0 Å². The number of fused-ring (bicyclic) bond motifs is 1. The Hall–Kier alpha value is -1.06. The van der Waals surface area contributed by atoms with Gasteiger partial charge in [0.2, 0.25) is 0 Å². The molecule has 1 aromatic carbocycles. The monoisotopic (exact) mass is 241 g/mol. The van der Waals surface area contributed by atoms with Gasteiger partial charge < -0.3 is 5.11 Å². The Labute approximate surface area is 101 Å². The van der Waals surface area contributed by atoms with Gasteiger partial charge in [-0.25, -0.2) is 4.79 Å². The average Bonchev–Trinajstić information content (AvgIpc) is 2.57. The number of benzene rings is 1. The molecule has 1 unspecified atom stereocenters. The number of hydrogen-bond acceptors (Lipinski definition) is 2. The summed E-state index contributed by atoms with van der Waals surface area (Å²) in [5.74, 6) is -0.752. The number of nitrogens with zero attached hydrogens (tertiary/aromatic N) is 1. The van der Waals surface area contributed by atoms with Gasteiger partial charge in [-0.2, -0.15) is 0 Å². The van der Waals surface area contributed by atoms with Gasteiger partial charge in [0, 0.05) is 0 Å². The van der Waals surface area contributed by atoms with E-state index in [0.29, 0.717) is 6.42 Å². The summed E-state index contributed by atoms with van der Waals surface area (Å²) in [7, 11) is 3.66. The fourth-order valence-corrected chi connectivity index (χ4v) is 2.47. The number of aryl methyl sites for hydroxylation is 1. The number of carbonyl (C=O) groups is 1. The molecule has 0 aliphatic heterocycles. The molecular formula is C12H16ClNO2. The van der Waals surface area contributed by atoms with E-state index in [9.17, 15) is 9.90 Å². The van der Waals surface area contributed by atoms with Gasteiger partial charge in [0.25, 0.3) is 0 Å². The predicted molar refractivity (Wildman–Crippen MR) is 65.0 cm³/mol. The zero-order valence-electron chi connectivity index (χ0n) is 9.43. The number of halogens is 1. The molecule has 2 rings (SSSR count). The quantitative estimate of drug-likeness (QED) is 0.860. The maximum absolute atomic E-state index is 11.5. The van der Waals surface area contributed by atoms with Crippen LogP contribution in [0.3, 0.4) is 0 Å². The van der Waals surface area contributed by atoms with Gasteiger partial charge in [0.1, 0.15) is 5.54 Å². The standard InChI is InChI=1S/C12H15NO2.ClH/c1-13(2)12(11(14)15)8-7-9-5-3-4-6-10(9)12;/h3-6H,7-8H2,1-2H3,(H,14,15);1H. The summed E-state index contributed by atoms with van der Waals surface area (Å²) in [6.45, 7) is 0. The van der Waals surface area contributed by atoms with Crippen molar-refractivity contribution in [2.24, 2.45) is 0 Å². The van der Waals surface area contributed by atoms with Crippen molar-refractivity contribution in [2.75, 3.05) is 14.1 Å².